The molecule has 0 aliphatic heterocycles. The summed E-state index contributed by atoms with van der Waals surface area (Å²) in [7, 11) is 0. The van der Waals surface area contributed by atoms with Gasteiger partial charge in [-0.2, -0.15) is 0 Å². The molecule has 0 atom stereocenters. The minimum absolute atomic E-state index is 0.132. The third kappa shape index (κ3) is 5.96. The lowest BCUT2D eigenvalue weighted by atomic mass is 9.99. The fraction of sp³-hybridized carbons (Fsp3) is 0.344. The quantitative estimate of drug-likeness (QED) is 0.0827. The number of aryl methyl sites for hydroxylation is 1. The molecule has 0 amide bonds. The molecular formula is C32H35NO5. The predicted molar refractivity (Wildman–Crippen MR) is 150 cm³/mol. The van der Waals surface area contributed by atoms with E-state index in [4.69, 9.17) is 9.47 Å². The Morgan fingerprint density at radius 2 is 1.34 bits per heavy atom. The third-order valence-corrected chi connectivity index (χ3v) is 6.76. The Morgan fingerprint density at radius 3 is 1.97 bits per heavy atom. The van der Waals surface area contributed by atoms with Gasteiger partial charge in [-0.3, -0.25) is 9.59 Å². The highest BCUT2D eigenvalue weighted by molar-refractivity contribution is 6.15. The number of rotatable bonds is 12. The van der Waals surface area contributed by atoms with E-state index in [0.29, 0.717) is 41.9 Å². The molecule has 3 aromatic carbocycles. The summed E-state index contributed by atoms with van der Waals surface area (Å²) >= 11 is 0. The van der Waals surface area contributed by atoms with Gasteiger partial charge in [-0.15, -0.1) is 0 Å². The first-order chi connectivity index (χ1) is 18.5. The Hall–Kier alpha value is -3.93. The van der Waals surface area contributed by atoms with Gasteiger partial charge in [-0.1, -0.05) is 33.1 Å². The van der Waals surface area contributed by atoms with Gasteiger partial charge in [0.1, 0.15) is 5.75 Å². The van der Waals surface area contributed by atoms with Crippen molar-refractivity contribution in [3.63, 3.8) is 0 Å². The molecule has 0 saturated heterocycles. The zero-order chi connectivity index (χ0) is 27.1. The van der Waals surface area contributed by atoms with E-state index in [9.17, 15) is 14.4 Å². The lowest BCUT2D eigenvalue weighted by Crippen LogP contribution is -2.11. The van der Waals surface area contributed by atoms with E-state index < -0.39 is 6.16 Å². The second kappa shape index (κ2) is 12.5. The van der Waals surface area contributed by atoms with Crippen molar-refractivity contribution in [2.45, 2.75) is 65.8 Å². The molecule has 0 aliphatic carbocycles. The van der Waals surface area contributed by atoms with E-state index in [0.717, 1.165) is 54.0 Å². The molecule has 1 aromatic heterocycles. The maximum Gasteiger partial charge on any atom is 0.513 e. The van der Waals surface area contributed by atoms with Crippen molar-refractivity contribution in [3.05, 3.63) is 77.4 Å². The monoisotopic (exact) mass is 513 g/mol. The van der Waals surface area contributed by atoms with Crippen molar-refractivity contribution in [1.82, 2.24) is 4.57 Å². The molecule has 0 fully saturated rings. The molecule has 0 spiro atoms. The number of nitrogens with zero attached hydrogens (tertiary/aromatic N) is 1. The van der Waals surface area contributed by atoms with Crippen molar-refractivity contribution < 1.29 is 23.9 Å². The van der Waals surface area contributed by atoms with E-state index >= 15 is 0 Å². The van der Waals surface area contributed by atoms with Crippen LogP contribution in [-0.4, -0.2) is 28.9 Å². The number of ether oxygens (including phenoxy) is 2. The SMILES string of the molecule is CCCCCCC(=O)c1ccc2c(c1)c1cc(C(=O)c3ccc(OC(=O)OCCC)cc3)ccc1n2CC. The van der Waals surface area contributed by atoms with Gasteiger partial charge in [-0.25, -0.2) is 4.79 Å². The van der Waals surface area contributed by atoms with Crippen LogP contribution in [0.3, 0.4) is 0 Å². The van der Waals surface area contributed by atoms with Gasteiger partial charge in [-0.05, 0) is 80.4 Å². The van der Waals surface area contributed by atoms with Crippen molar-refractivity contribution in [3.8, 4) is 5.75 Å². The summed E-state index contributed by atoms with van der Waals surface area (Å²) in [5, 5.41) is 1.93. The predicted octanol–water partition coefficient (Wildman–Crippen LogP) is 8.12. The van der Waals surface area contributed by atoms with Gasteiger partial charge in [0, 0.05) is 51.5 Å². The molecule has 1 heterocycles. The normalized spacial score (nSPS) is 11.1. The van der Waals surface area contributed by atoms with E-state index in [1.54, 1.807) is 24.3 Å². The molecule has 4 rings (SSSR count). The van der Waals surface area contributed by atoms with E-state index in [1.165, 1.54) is 0 Å². The molecule has 0 saturated carbocycles. The smallest absolute Gasteiger partial charge is 0.434 e. The highest BCUT2D eigenvalue weighted by atomic mass is 16.7. The van der Waals surface area contributed by atoms with E-state index in [-0.39, 0.29) is 11.6 Å². The average molecular weight is 514 g/mol. The fourth-order valence-corrected chi connectivity index (χ4v) is 4.77. The average Bonchev–Trinajstić information content (AvgIpc) is 3.26. The lowest BCUT2D eigenvalue weighted by molar-refractivity contribution is 0.0974. The number of Topliss-reactive ketones (excluding diaryl/α,β-unsaturated/α-hetero) is 1. The van der Waals surface area contributed by atoms with Gasteiger partial charge < -0.3 is 14.0 Å². The second-order valence-corrected chi connectivity index (χ2v) is 9.50. The summed E-state index contributed by atoms with van der Waals surface area (Å²) in [6, 6.07) is 18.1. The number of carbonyl (C=O) groups is 3. The topological polar surface area (TPSA) is 74.6 Å². The molecule has 198 valence electrons. The molecule has 0 bridgehead atoms. The third-order valence-electron chi connectivity index (χ3n) is 6.76. The highest BCUT2D eigenvalue weighted by Gasteiger charge is 2.17. The van der Waals surface area contributed by atoms with Crippen LogP contribution in [0.2, 0.25) is 0 Å². The Kier molecular flexibility index (Phi) is 8.95. The van der Waals surface area contributed by atoms with Crippen molar-refractivity contribution in [2.75, 3.05) is 6.61 Å². The number of unbranched alkanes of at least 4 members (excludes halogenated alkanes) is 3. The van der Waals surface area contributed by atoms with Crippen molar-refractivity contribution in [2.24, 2.45) is 0 Å². The Bertz CT molecular complexity index is 1450. The van der Waals surface area contributed by atoms with Gasteiger partial charge in [0.25, 0.3) is 0 Å². The van der Waals surface area contributed by atoms with Crippen LogP contribution in [0.25, 0.3) is 21.8 Å². The second-order valence-electron chi connectivity index (χ2n) is 9.50. The lowest BCUT2D eigenvalue weighted by Gasteiger charge is -2.07. The van der Waals surface area contributed by atoms with Gasteiger partial charge in [0.2, 0.25) is 0 Å². The van der Waals surface area contributed by atoms with Crippen molar-refractivity contribution >= 4 is 39.5 Å². The number of ketones is 2. The molecule has 6 nitrogen and oxygen atoms in total. The first-order valence-corrected chi connectivity index (χ1v) is 13.5. The molecule has 4 aromatic rings. The van der Waals surface area contributed by atoms with E-state index in [2.05, 4.69) is 18.4 Å². The number of carbonyl (C=O) groups excluding carboxylic acids is 3. The standard InChI is InChI=1S/C32H35NO5/c1-4-7-8-9-10-30(34)23-13-17-28-26(20-23)27-21-24(14-18-29(27)33(28)6-3)31(35)22-11-15-25(16-12-22)38-32(36)37-19-5-2/h11-18,20-21H,4-10,19H2,1-3H3. The largest absolute Gasteiger partial charge is 0.513 e. The van der Waals surface area contributed by atoms with Crippen LogP contribution in [0, 0.1) is 0 Å². The van der Waals surface area contributed by atoms with Gasteiger partial charge in [0.05, 0.1) is 6.61 Å². The van der Waals surface area contributed by atoms with Gasteiger partial charge in [0.15, 0.2) is 11.6 Å². The maximum absolute atomic E-state index is 13.3. The number of fused-ring (bicyclic) bond motifs is 3. The minimum atomic E-state index is -0.762. The summed E-state index contributed by atoms with van der Waals surface area (Å²) in [5.41, 5.74) is 3.83. The molecule has 6 heteroatoms. The number of hydrogen-bond acceptors (Lipinski definition) is 5. The Balaban J connectivity index is 1.61. The van der Waals surface area contributed by atoms with Crippen molar-refractivity contribution in [1.29, 1.82) is 0 Å². The molecule has 0 aliphatic rings. The van der Waals surface area contributed by atoms with Crippen LogP contribution in [0.15, 0.2) is 60.7 Å². The van der Waals surface area contributed by atoms with E-state index in [1.807, 2.05) is 43.3 Å². The van der Waals surface area contributed by atoms with Crippen LogP contribution in [0.4, 0.5) is 4.79 Å². The van der Waals surface area contributed by atoms with Crippen LogP contribution in [-0.2, 0) is 11.3 Å². The van der Waals surface area contributed by atoms with Crippen LogP contribution in [0.5, 0.6) is 5.75 Å². The number of benzene rings is 3. The van der Waals surface area contributed by atoms with Crippen LogP contribution < -0.4 is 4.74 Å². The number of hydrogen-bond donors (Lipinski definition) is 0. The van der Waals surface area contributed by atoms with Crippen LogP contribution >= 0.6 is 0 Å². The summed E-state index contributed by atoms with van der Waals surface area (Å²) in [6.45, 7) is 7.22. The minimum Gasteiger partial charge on any atom is -0.434 e. The zero-order valence-electron chi connectivity index (χ0n) is 22.4. The first-order valence-electron chi connectivity index (χ1n) is 13.5. The maximum atomic E-state index is 13.3. The molecule has 0 N–H and O–H groups in total. The summed E-state index contributed by atoms with van der Waals surface area (Å²) in [5.74, 6) is 0.345. The summed E-state index contributed by atoms with van der Waals surface area (Å²) in [6.07, 6.45) is 4.77. The molecule has 38 heavy (non-hydrogen) atoms. The summed E-state index contributed by atoms with van der Waals surface area (Å²) in [4.78, 5) is 37.9. The molecular weight excluding hydrogens is 478 g/mol. The first kappa shape index (κ1) is 27.1. The zero-order valence-corrected chi connectivity index (χ0v) is 22.4. The van der Waals surface area contributed by atoms with Crippen LogP contribution in [0.1, 0.15) is 85.6 Å². The summed E-state index contributed by atoms with van der Waals surface area (Å²) < 4.78 is 12.3. The molecule has 0 radical (unpaired) electrons. The Labute approximate surface area is 223 Å². The highest BCUT2D eigenvalue weighted by Crippen LogP contribution is 2.32. The Morgan fingerprint density at radius 1 is 0.711 bits per heavy atom. The fourth-order valence-electron chi connectivity index (χ4n) is 4.77. The number of aromatic nitrogens is 1. The van der Waals surface area contributed by atoms with Gasteiger partial charge >= 0.3 is 6.16 Å². The molecule has 0 unspecified atom stereocenters.